The lowest BCUT2D eigenvalue weighted by Gasteiger charge is -2.32. The van der Waals surface area contributed by atoms with Crippen LogP contribution in [0.5, 0.6) is 0 Å². The molecule has 1 atom stereocenters. The molecule has 0 aromatic heterocycles. The van der Waals surface area contributed by atoms with E-state index in [4.69, 9.17) is 0 Å². The minimum atomic E-state index is -0.0888. The van der Waals surface area contributed by atoms with Crippen LogP contribution >= 0.6 is 15.9 Å². The lowest BCUT2D eigenvalue weighted by atomic mass is 9.75. The van der Waals surface area contributed by atoms with Gasteiger partial charge in [-0.25, -0.2) is 0 Å². The summed E-state index contributed by atoms with van der Waals surface area (Å²) in [5.41, 5.74) is -0.0888. The number of amides is 1. The Morgan fingerprint density at radius 2 is 2.00 bits per heavy atom. The predicted molar refractivity (Wildman–Crippen MR) is 69.6 cm³/mol. The van der Waals surface area contributed by atoms with Crippen LogP contribution in [0.2, 0.25) is 0 Å². The first kappa shape index (κ1) is 12.4. The van der Waals surface area contributed by atoms with Gasteiger partial charge in [-0.15, -0.1) is 0 Å². The van der Waals surface area contributed by atoms with E-state index in [1.807, 2.05) is 0 Å². The van der Waals surface area contributed by atoms with Gasteiger partial charge in [0, 0.05) is 16.8 Å². The van der Waals surface area contributed by atoms with Crippen LogP contribution in [-0.2, 0) is 4.79 Å². The van der Waals surface area contributed by atoms with E-state index in [0.29, 0.717) is 4.83 Å². The third kappa shape index (κ3) is 2.99. The largest absolute Gasteiger partial charge is 0.354 e. The van der Waals surface area contributed by atoms with Crippen molar-refractivity contribution in [3.05, 3.63) is 0 Å². The first-order chi connectivity index (χ1) is 7.62. The maximum atomic E-state index is 12.1. The molecule has 3 heteroatoms. The zero-order chi connectivity index (χ0) is 11.6. The Bertz CT molecular complexity index is 257. The van der Waals surface area contributed by atoms with Crippen molar-refractivity contribution in [1.29, 1.82) is 0 Å². The molecular formula is C13H22BrNO. The van der Waals surface area contributed by atoms with Gasteiger partial charge in [0.2, 0.25) is 5.91 Å². The Balaban J connectivity index is 1.77. The highest BCUT2D eigenvalue weighted by molar-refractivity contribution is 9.09. The van der Waals surface area contributed by atoms with Gasteiger partial charge in [0.25, 0.3) is 0 Å². The Kier molecular flexibility index (Phi) is 3.93. The summed E-state index contributed by atoms with van der Waals surface area (Å²) < 4.78 is 0. The molecule has 1 amide bonds. The maximum Gasteiger partial charge on any atom is 0.225 e. The number of rotatable bonds is 4. The Morgan fingerprint density at radius 1 is 1.38 bits per heavy atom. The zero-order valence-electron chi connectivity index (χ0n) is 10.1. The van der Waals surface area contributed by atoms with Crippen LogP contribution < -0.4 is 5.32 Å². The van der Waals surface area contributed by atoms with E-state index in [1.54, 1.807) is 0 Å². The molecule has 0 radical (unpaired) electrons. The van der Waals surface area contributed by atoms with Crippen LogP contribution in [0.3, 0.4) is 0 Å². The minimum absolute atomic E-state index is 0.0888. The summed E-state index contributed by atoms with van der Waals surface area (Å²) in [5.74, 6) is 1.08. The van der Waals surface area contributed by atoms with Gasteiger partial charge in [0.15, 0.2) is 0 Å². The molecule has 2 aliphatic rings. The maximum absolute atomic E-state index is 12.1. The van der Waals surface area contributed by atoms with Crippen molar-refractivity contribution in [2.24, 2.45) is 11.3 Å². The van der Waals surface area contributed by atoms with Crippen molar-refractivity contribution in [1.82, 2.24) is 5.32 Å². The molecule has 2 rings (SSSR count). The van der Waals surface area contributed by atoms with Crippen molar-refractivity contribution in [3.8, 4) is 0 Å². The number of carbonyl (C=O) groups excluding carboxylic acids is 1. The molecule has 1 unspecified atom stereocenters. The summed E-state index contributed by atoms with van der Waals surface area (Å²) in [6.07, 6.45) is 8.50. The number of hydrogen-bond donors (Lipinski definition) is 1. The monoisotopic (exact) mass is 287 g/mol. The fraction of sp³-hybridized carbons (Fsp3) is 0.923. The molecule has 2 aliphatic carbocycles. The number of carbonyl (C=O) groups is 1. The molecule has 16 heavy (non-hydrogen) atoms. The van der Waals surface area contributed by atoms with E-state index in [0.717, 1.165) is 25.3 Å². The van der Waals surface area contributed by atoms with Crippen molar-refractivity contribution in [3.63, 3.8) is 0 Å². The van der Waals surface area contributed by atoms with Crippen LogP contribution in [0.1, 0.15) is 51.9 Å². The second kappa shape index (κ2) is 5.07. The molecule has 1 N–H and O–H groups in total. The van der Waals surface area contributed by atoms with Crippen LogP contribution in [0, 0.1) is 11.3 Å². The number of hydrogen-bond acceptors (Lipinski definition) is 1. The zero-order valence-corrected chi connectivity index (χ0v) is 11.7. The third-order valence-corrected chi connectivity index (χ3v) is 5.17. The quantitative estimate of drug-likeness (QED) is 0.790. The molecular weight excluding hydrogens is 266 g/mol. The second-order valence-corrected chi connectivity index (χ2v) is 6.86. The Hall–Kier alpha value is -0.0500. The molecule has 92 valence electrons. The molecule has 0 spiro atoms. The third-order valence-electron chi connectivity index (χ3n) is 4.10. The summed E-state index contributed by atoms with van der Waals surface area (Å²) in [4.78, 5) is 12.6. The SMILES string of the molecule is CC1(C(=O)NCC(Br)C2CC2)CCCCC1. The van der Waals surface area contributed by atoms with Crippen LogP contribution in [0.4, 0.5) is 0 Å². The molecule has 2 fully saturated rings. The number of alkyl halides is 1. The molecule has 0 aromatic rings. The molecule has 0 heterocycles. The van der Waals surface area contributed by atoms with E-state index in [2.05, 4.69) is 28.2 Å². The molecule has 2 saturated carbocycles. The second-order valence-electron chi connectivity index (χ2n) is 5.68. The van der Waals surface area contributed by atoms with Gasteiger partial charge in [-0.3, -0.25) is 4.79 Å². The van der Waals surface area contributed by atoms with E-state index < -0.39 is 0 Å². The summed E-state index contributed by atoms with van der Waals surface area (Å²) >= 11 is 3.66. The summed E-state index contributed by atoms with van der Waals surface area (Å²) in [6.45, 7) is 2.93. The van der Waals surface area contributed by atoms with Crippen molar-refractivity contribution >= 4 is 21.8 Å². The smallest absolute Gasteiger partial charge is 0.225 e. The standard InChI is InChI=1S/C13H22BrNO/c1-13(7-3-2-4-8-13)12(16)15-9-11(14)10-5-6-10/h10-11H,2-9H2,1H3,(H,15,16). The van der Waals surface area contributed by atoms with Crippen molar-refractivity contribution in [2.45, 2.75) is 56.7 Å². The van der Waals surface area contributed by atoms with Crippen molar-refractivity contribution < 1.29 is 4.79 Å². The number of halogens is 1. The predicted octanol–water partition coefficient (Wildman–Crippen LogP) is 3.25. The van der Waals surface area contributed by atoms with Gasteiger partial charge in [-0.1, -0.05) is 42.1 Å². The highest BCUT2D eigenvalue weighted by atomic mass is 79.9. The highest BCUT2D eigenvalue weighted by Crippen LogP contribution is 2.37. The molecule has 2 nitrogen and oxygen atoms in total. The number of nitrogens with one attached hydrogen (secondary N) is 1. The fourth-order valence-electron chi connectivity index (χ4n) is 2.59. The van der Waals surface area contributed by atoms with Crippen LogP contribution in [0.25, 0.3) is 0 Å². The molecule has 0 bridgehead atoms. The fourth-order valence-corrected chi connectivity index (χ4v) is 3.28. The topological polar surface area (TPSA) is 29.1 Å². The van der Waals surface area contributed by atoms with Gasteiger partial charge in [-0.05, 0) is 31.6 Å². The first-order valence-electron chi connectivity index (χ1n) is 6.54. The van der Waals surface area contributed by atoms with E-state index in [-0.39, 0.29) is 11.3 Å². The summed E-state index contributed by atoms with van der Waals surface area (Å²) in [5, 5.41) is 3.13. The molecule has 0 saturated heterocycles. The minimum Gasteiger partial charge on any atom is -0.354 e. The Morgan fingerprint density at radius 3 is 2.56 bits per heavy atom. The Labute approximate surface area is 107 Å². The van der Waals surface area contributed by atoms with E-state index in [1.165, 1.54) is 32.1 Å². The summed E-state index contributed by atoms with van der Waals surface area (Å²) in [6, 6.07) is 0. The van der Waals surface area contributed by atoms with Gasteiger partial charge in [0.1, 0.15) is 0 Å². The van der Waals surface area contributed by atoms with E-state index in [9.17, 15) is 4.79 Å². The average Bonchev–Trinajstić information content (AvgIpc) is 3.10. The van der Waals surface area contributed by atoms with Gasteiger partial charge in [-0.2, -0.15) is 0 Å². The first-order valence-corrected chi connectivity index (χ1v) is 7.46. The highest BCUT2D eigenvalue weighted by Gasteiger charge is 2.35. The lowest BCUT2D eigenvalue weighted by Crippen LogP contribution is -2.42. The lowest BCUT2D eigenvalue weighted by molar-refractivity contribution is -0.131. The van der Waals surface area contributed by atoms with Crippen LogP contribution in [0.15, 0.2) is 0 Å². The average molecular weight is 288 g/mol. The molecule has 0 aromatic carbocycles. The van der Waals surface area contributed by atoms with Gasteiger partial charge >= 0.3 is 0 Å². The van der Waals surface area contributed by atoms with Gasteiger partial charge in [0.05, 0.1) is 0 Å². The van der Waals surface area contributed by atoms with E-state index >= 15 is 0 Å². The summed E-state index contributed by atoms with van der Waals surface area (Å²) in [7, 11) is 0. The molecule has 0 aliphatic heterocycles. The van der Waals surface area contributed by atoms with Gasteiger partial charge < -0.3 is 5.32 Å². The van der Waals surface area contributed by atoms with Crippen molar-refractivity contribution in [2.75, 3.05) is 6.54 Å². The van der Waals surface area contributed by atoms with Crippen LogP contribution in [-0.4, -0.2) is 17.3 Å². The normalized spacial score (nSPS) is 26.1.